The van der Waals surface area contributed by atoms with Gasteiger partial charge in [0.2, 0.25) is 0 Å². The zero-order valence-corrected chi connectivity index (χ0v) is 18.6. The van der Waals surface area contributed by atoms with Crippen molar-refractivity contribution in [3.05, 3.63) is 81.9 Å². The van der Waals surface area contributed by atoms with Crippen LogP contribution in [0.4, 0.5) is 0 Å². The Morgan fingerprint density at radius 1 is 0.909 bits per heavy atom. The van der Waals surface area contributed by atoms with Crippen molar-refractivity contribution < 1.29 is 9.59 Å². The smallest absolute Gasteiger partial charge is 0.267 e. The van der Waals surface area contributed by atoms with Crippen LogP contribution in [0.5, 0.6) is 0 Å². The number of benzene rings is 2. The van der Waals surface area contributed by atoms with E-state index in [0.717, 1.165) is 19.3 Å². The highest BCUT2D eigenvalue weighted by molar-refractivity contribution is 6.09. The molecule has 4 rings (SSSR count). The minimum atomic E-state index is -0.598. The highest BCUT2D eigenvalue weighted by atomic mass is 16.2. The molecule has 0 aliphatic carbocycles. The van der Waals surface area contributed by atoms with E-state index in [1.165, 1.54) is 4.68 Å². The van der Waals surface area contributed by atoms with E-state index in [4.69, 9.17) is 0 Å². The molecule has 33 heavy (non-hydrogen) atoms. The second-order valence-corrected chi connectivity index (χ2v) is 7.87. The maximum Gasteiger partial charge on any atom is 0.290 e. The van der Waals surface area contributed by atoms with Gasteiger partial charge in [-0.25, -0.2) is 4.68 Å². The first-order valence-electron chi connectivity index (χ1n) is 11.0. The third-order valence-electron chi connectivity index (χ3n) is 5.43. The number of unbranched alkanes of at least 4 members (excludes halogenated alkanes) is 2. The number of rotatable bonds is 6. The van der Waals surface area contributed by atoms with Gasteiger partial charge in [0.05, 0.1) is 16.5 Å². The molecular formula is C25H25N5O3. The molecule has 4 aromatic rings. The SMILES string of the molecule is CCCCCn1nc(C(=O)NNC(=O)c2cc(C)nc3ccccc23)c2ccccc2c1=O. The van der Waals surface area contributed by atoms with E-state index < -0.39 is 11.8 Å². The van der Waals surface area contributed by atoms with E-state index in [9.17, 15) is 14.4 Å². The van der Waals surface area contributed by atoms with Gasteiger partial charge in [-0.2, -0.15) is 5.10 Å². The molecule has 0 saturated heterocycles. The molecule has 168 valence electrons. The number of aromatic nitrogens is 3. The number of nitrogens with one attached hydrogen (secondary N) is 2. The molecule has 2 amide bonds. The van der Waals surface area contributed by atoms with E-state index in [-0.39, 0.29) is 11.3 Å². The Bertz CT molecular complexity index is 1410. The second-order valence-electron chi connectivity index (χ2n) is 7.87. The molecule has 0 aliphatic rings. The fourth-order valence-corrected chi connectivity index (χ4v) is 3.80. The number of hydrazine groups is 1. The minimum Gasteiger partial charge on any atom is -0.267 e. The van der Waals surface area contributed by atoms with Crippen LogP contribution in [0.25, 0.3) is 21.7 Å². The molecule has 0 bridgehead atoms. The van der Waals surface area contributed by atoms with Gasteiger partial charge < -0.3 is 0 Å². The van der Waals surface area contributed by atoms with Gasteiger partial charge in [0.25, 0.3) is 17.4 Å². The summed E-state index contributed by atoms with van der Waals surface area (Å²) in [5, 5.41) is 5.85. The van der Waals surface area contributed by atoms with Crippen molar-refractivity contribution >= 4 is 33.5 Å². The predicted octanol–water partition coefficient (Wildman–Crippen LogP) is 3.52. The van der Waals surface area contributed by atoms with Crippen molar-refractivity contribution in [3.63, 3.8) is 0 Å². The summed E-state index contributed by atoms with van der Waals surface area (Å²) in [6, 6.07) is 15.8. The first kappa shape index (κ1) is 22.1. The molecule has 2 aromatic carbocycles. The summed E-state index contributed by atoms with van der Waals surface area (Å²) >= 11 is 0. The van der Waals surface area contributed by atoms with Crippen LogP contribution in [0, 0.1) is 6.92 Å². The molecule has 2 aromatic heterocycles. The van der Waals surface area contributed by atoms with Crippen molar-refractivity contribution in [2.24, 2.45) is 0 Å². The van der Waals surface area contributed by atoms with Gasteiger partial charge >= 0.3 is 0 Å². The predicted molar refractivity (Wildman–Crippen MR) is 127 cm³/mol. The molecule has 8 heteroatoms. The normalized spacial score (nSPS) is 11.0. The zero-order valence-electron chi connectivity index (χ0n) is 18.6. The van der Waals surface area contributed by atoms with Crippen LogP contribution in [0.1, 0.15) is 52.7 Å². The molecule has 0 saturated carbocycles. The lowest BCUT2D eigenvalue weighted by Crippen LogP contribution is -2.43. The molecule has 2 heterocycles. The number of hydrogen-bond donors (Lipinski definition) is 2. The van der Waals surface area contributed by atoms with Gasteiger partial charge in [-0.05, 0) is 31.5 Å². The number of hydrogen-bond acceptors (Lipinski definition) is 5. The Morgan fingerprint density at radius 2 is 1.58 bits per heavy atom. The Kier molecular flexibility index (Phi) is 6.44. The van der Waals surface area contributed by atoms with Gasteiger partial charge in [0.15, 0.2) is 5.69 Å². The fraction of sp³-hybridized carbons (Fsp3) is 0.240. The maximum atomic E-state index is 13.0. The van der Waals surface area contributed by atoms with Crippen LogP contribution in [-0.4, -0.2) is 26.6 Å². The largest absolute Gasteiger partial charge is 0.290 e. The standard InChI is InChI=1S/C25H25N5O3/c1-3-4-9-14-30-25(33)19-12-6-5-11-18(19)22(29-30)24(32)28-27-23(31)20-15-16(2)26-21-13-8-7-10-17(20)21/h5-8,10-13,15H,3-4,9,14H2,1-2H3,(H,27,31)(H,28,32). The van der Waals surface area contributed by atoms with E-state index in [2.05, 4.69) is 27.9 Å². The average molecular weight is 444 g/mol. The van der Waals surface area contributed by atoms with Gasteiger partial charge in [-0.3, -0.25) is 30.2 Å². The fourth-order valence-electron chi connectivity index (χ4n) is 3.80. The molecule has 0 fully saturated rings. The van der Waals surface area contributed by atoms with Crippen molar-refractivity contribution in [2.45, 2.75) is 39.7 Å². The average Bonchev–Trinajstić information content (AvgIpc) is 2.83. The molecule has 0 atom stereocenters. The number of fused-ring (bicyclic) bond motifs is 2. The summed E-state index contributed by atoms with van der Waals surface area (Å²) in [6.07, 6.45) is 2.75. The van der Waals surface area contributed by atoms with Crippen LogP contribution in [0.2, 0.25) is 0 Å². The summed E-state index contributed by atoms with van der Waals surface area (Å²) in [7, 11) is 0. The Labute approximate surface area is 190 Å². The lowest BCUT2D eigenvalue weighted by Gasteiger charge is -2.12. The lowest BCUT2D eigenvalue weighted by molar-refractivity contribution is 0.0844. The van der Waals surface area contributed by atoms with Crippen LogP contribution < -0.4 is 16.4 Å². The summed E-state index contributed by atoms with van der Waals surface area (Å²) in [4.78, 5) is 43.1. The molecule has 0 spiro atoms. The zero-order chi connectivity index (χ0) is 23.4. The molecular weight excluding hydrogens is 418 g/mol. The van der Waals surface area contributed by atoms with Crippen LogP contribution in [0.15, 0.2) is 59.4 Å². The Hall–Kier alpha value is -4.07. The van der Waals surface area contributed by atoms with Crippen molar-refractivity contribution in [1.82, 2.24) is 25.6 Å². The maximum absolute atomic E-state index is 13.0. The van der Waals surface area contributed by atoms with Crippen LogP contribution in [0.3, 0.4) is 0 Å². The number of amides is 2. The second kappa shape index (κ2) is 9.60. The van der Waals surface area contributed by atoms with Crippen LogP contribution >= 0.6 is 0 Å². The summed E-state index contributed by atoms with van der Waals surface area (Å²) < 4.78 is 1.33. The van der Waals surface area contributed by atoms with E-state index in [1.807, 2.05) is 18.2 Å². The first-order valence-corrected chi connectivity index (χ1v) is 11.0. The van der Waals surface area contributed by atoms with Gasteiger partial charge in [-0.1, -0.05) is 56.2 Å². The molecule has 0 aliphatic heterocycles. The highest BCUT2D eigenvalue weighted by Gasteiger charge is 2.18. The van der Waals surface area contributed by atoms with Gasteiger partial charge in [-0.15, -0.1) is 0 Å². The number of carbonyl (C=O) groups is 2. The quantitative estimate of drug-likeness (QED) is 0.350. The molecule has 2 N–H and O–H groups in total. The minimum absolute atomic E-state index is 0.0813. The van der Waals surface area contributed by atoms with Crippen molar-refractivity contribution in [2.75, 3.05) is 0 Å². The highest BCUT2D eigenvalue weighted by Crippen LogP contribution is 2.18. The first-order chi connectivity index (χ1) is 16.0. The van der Waals surface area contributed by atoms with E-state index >= 15 is 0 Å². The van der Waals surface area contributed by atoms with E-state index in [0.29, 0.717) is 39.5 Å². The molecule has 8 nitrogen and oxygen atoms in total. The number of aryl methyl sites for hydroxylation is 2. The van der Waals surface area contributed by atoms with Crippen LogP contribution in [-0.2, 0) is 6.54 Å². The summed E-state index contributed by atoms with van der Waals surface area (Å²) in [6.45, 7) is 4.30. The van der Waals surface area contributed by atoms with Crippen molar-refractivity contribution in [1.29, 1.82) is 0 Å². The summed E-state index contributed by atoms with van der Waals surface area (Å²) in [5.74, 6) is -1.07. The topological polar surface area (TPSA) is 106 Å². The molecule has 0 unspecified atom stereocenters. The summed E-state index contributed by atoms with van der Waals surface area (Å²) in [5.41, 5.74) is 6.56. The Balaban J connectivity index is 1.61. The van der Waals surface area contributed by atoms with Gasteiger partial charge in [0.1, 0.15) is 0 Å². The number of para-hydroxylation sites is 1. The van der Waals surface area contributed by atoms with E-state index in [1.54, 1.807) is 43.3 Å². The van der Waals surface area contributed by atoms with Crippen molar-refractivity contribution in [3.8, 4) is 0 Å². The number of carbonyl (C=O) groups excluding carboxylic acids is 2. The monoisotopic (exact) mass is 443 g/mol. The van der Waals surface area contributed by atoms with Gasteiger partial charge in [0, 0.05) is 23.0 Å². The third kappa shape index (κ3) is 4.59. The Morgan fingerprint density at radius 3 is 2.33 bits per heavy atom. The number of pyridine rings is 1. The third-order valence-corrected chi connectivity index (χ3v) is 5.43. The molecule has 0 radical (unpaired) electrons. The lowest BCUT2D eigenvalue weighted by atomic mass is 10.1. The number of nitrogens with zero attached hydrogens (tertiary/aromatic N) is 3.